The van der Waals surface area contributed by atoms with E-state index in [9.17, 15) is 4.79 Å². The molecule has 0 aromatic heterocycles. The van der Waals surface area contributed by atoms with Crippen LogP contribution >= 0.6 is 0 Å². The van der Waals surface area contributed by atoms with Crippen molar-refractivity contribution in [2.24, 2.45) is 74.4 Å². The number of hydrogen-bond acceptors (Lipinski definition) is 5. The van der Waals surface area contributed by atoms with E-state index >= 15 is 0 Å². The van der Waals surface area contributed by atoms with Gasteiger partial charge in [-0.05, 0) is 104 Å². The van der Waals surface area contributed by atoms with E-state index < -0.39 is 6.29 Å². The number of carbonyl (C=O) groups excluding carboxylic acids is 1. The van der Waals surface area contributed by atoms with Gasteiger partial charge in [0.2, 0.25) is 0 Å². The standard InChI is InChI=1S/C48H78O5.V.W/c1-15-38-29(4)27(2)31(6)42(51-38)53-41-30(5)28(3)33(8)50-43(41)52-39-19-20-45(12)35(32(39)7)18-21-47(14)40(45)17-16-36-37-26-44(10,11)22-24-48(37,34(9)49)25-23-46(36,47)13;;/h16,25,27-31,33,35,37-43H,15,17-24,26H2,1-14H3;;/q-2;;/t27-,28+,29+,30-,31?,33?,35-,37?,38?,39-,40?,41?,42-,43-,45?,46+,47-,48+;;/m0../s1. The van der Waals surface area contributed by atoms with Gasteiger partial charge in [-0.15, -0.1) is 0 Å². The van der Waals surface area contributed by atoms with Crippen molar-refractivity contribution in [2.75, 3.05) is 0 Å². The molecule has 7 aliphatic rings. The van der Waals surface area contributed by atoms with Crippen LogP contribution in [0.5, 0.6) is 0 Å². The second-order valence-electron chi connectivity index (χ2n) is 21.7. The monoisotopic (exact) mass is 969 g/mol. The Morgan fingerprint density at radius 1 is 0.873 bits per heavy atom. The predicted octanol–water partition coefficient (Wildman–Crippen LogP) is 11.6. The summed E-state index contributed by atoms with van der Waals surface area (Å²) in [4.78, 5) is 13.5. The molecule has 0 bridgehead atoms. The molecule has 1 radical (unpaired) electrons. The van der Waals surface area contributed by atoms with Crippen molar-refractivity contribution in [3.63, 3.8) is 0 Å². The summed E-state index contributed by atoms with van der Waals surface area (Å²) in [6.45, 7) is 33.2. The molecule has 313 valence electrons. The van der Waals surface area contributed by atoms with Crippen molar-refractivity contribution in [1.82, 2.24) is 0 Å². The van der Waals surface area contributed by atoms with Crippen LogP contribution in [0.1, 0.15) is 161 Å². The molecular formula is C48H78O5VW-2. The first kappa shape index (κ1) is 46.6. The van der Waals surface area contributed by atoms with Crippen molar-refractivity contribution in [1.29, 1.82) is 0 Å². The maximum atomic E-state index is 13.5. The van der Waals surface area contributed by atoms with E-state index in [1.165, 1.54) is 25.2 Å². The Labute approximate surface area is 363 Å². The first-order valence-electron chi connectivity index (χ1n) is 22.3. The SMILES string of the molecule is CCC1O[C@@H](OC2[C@H](O[C@H]3CCC4(C)C5CC=C6C7CC(C)(C)CC[C@]7(C(C)=O)[CH-]C[C@@]6(C)[C@@]5(C)CC[C@H]4[C-]3C)OC(C)[C@H](C)[C@@H]2C)C(C)[C@@H](C)[C@H]1C.[V].[W]. The summed E-state index contributed by atoms with van der Waals surface area (Å²) >= 11 is 0. The van der Waals surface area contributed by atoms with Gasteiger partial charge in [-0.25, -0.2) is 0 Å². The summed E-state index contributed by atoms with van der Waals surface area (Å²) in [5.74, 6) is 5.44. The third-order valence-electron chi connectivity index (χ3n) is 19.0. The molecule has 0 N–H and O–H groups in total. The fourth-order valence-corrected chi connectivity index (χ4v) is 14.2. The molecule has 7 rings (SSSR count). The Hall–Kier alpha value is 0.523. The van der Waals surface area contributed by atoms with Gasteiger partial charge >= 0.3 is 0 Å². The topological polar surface area (TPSA) is 54.0 Å². The number of ether oxygens (including phenoxy) is 4. The van der Waals surface area contributed by atoms with Crippen molar-refractivity contribution >= 4 is 5.78 Å². The first-order chi connectivity index (χ1) is 24.7. The molecule has 2 aliphatic heterocycles. The predicted molar refractivity (Wildman–Crippen MR) is 213 cm³/mol. The minimum atomic E-state index is -0.405. The molecule has 0 spiro atoms. The molecule has 18 atom stereocenters. The number of carbonyl (C=O) groups is 1. The number of fused-ring (bicyclic) bond motifs is 7. The molecule has 6 fully saturated rings. The zero-order chi connectivity index (χ0) is 38.6. The number of Topliss-reactive ketones (excluding diaryl/α,β-unsaturated/α-hetero) is 1. The summed E-state index contributed by atoms with van der Waals surface area (Å²) in [5, 5.41) is 0. The third kappa shape index (κ3) is 7.30. The van der Waals surface area contributed by atoms with Crippen LogP contribution in [0.4, 0.5) is 0 Å². The second-order valence-corrected chi connectivity index (χ2v) is 21.7. The number of allylic oxidation sites excluding steroid dienone is 2. The van der Waals surface area contributed by atoms with E-state index in [2.05, 4.69) is 103 Å². The van der Waals surface area contributed by atoms with Gasteiger partial charge in [0.05, 0.1) is 12.2 Å². The van der Waals surface area contributed by atoms with Gasteiger partial charge in [-0.2, -0.15) is 19.3 Å². The first-order valence-corrected chi connectivity index (χ1v) is 22.3. The third-order valence-corrected chi connectivity index (χ3v) is 19.0. The Bertz CT molecular complexity index is 1420. The molecule has 7 unspecified atom stereocenters. The summed E-state index contributed by atoms with van der Waals surface area (Å²) in [6, 6.07) is 0. The number of ketones is 1. The van der Waals surface area contributed by atoms with Gasteiger partial charge in [0.25, 0.3) is 0 Å². The van der Waals surface area contributed by atoms with E-state index in [4.69, 9.17) is 18.9 Å². The van der Waals surface area contributed by atoms with Crippen LogP contribution in [-0.4, -0.2) is 42.8 Å². The van der Waals surface area contributed by atoms with Crippen LogP contribution in [0.3, 0.4) is 0 Å². The van der Waals surface area contributed by atoms with Crippen LogP contribution in [0.15, 0.2) is 11.6 Å². The largest absolute Gasteiger partial charge is 0.379 e. The van der Waals surface area contributed by atoms with Crippen LogP contribution < -0.4 is 0 Å². The molecular weight excluding hydrogens is 891 g/mol. The van der Waals surface area contributed by atoms with Gasteiger partial charge in [-0.3, -0.25) is 5.92 Å². The molecule has 0 amide bonds. The molecule has 55 heavy (non-hydrogen) atoms. The molecule has 0 aromatic rings. The second kappa shape index (κ2) is 16.4. The number of rotatable bonds is 6. The van der Waals surface area contributed by atoms with Gasteiger partial charge in [0.15, 0.2) is 12.6 Å². The van der Waals surface area contributed by atoms with Crippen molar-refractivity contribution in [3.8, 4) is 0 Å². The van der Waals surface area contributed by atoms with E-state index in [1.807, 2.05) is 6.92 Å². The van der Waals surface area contributed by atoms with Gasteiger partial charge in [-0.1, -0.05) is 124 Å². The fraction of sp³-hybridized carbons (Fsp3) is 0.896. The maximum absolute atomic E-state index is 13.5. The quantitative estimate of drug-likeness (QED) is 0.151. The van der Waals surface area contributed by atoms with E-state index in [0.29, 0.717) is 53.1 Å². The smallest absolute Gasteiger partial charge is 0.182 e. The Kier molecular flexibility index (Phi) is 13.9. The minimum absolute atomic E-state index is 0. The van der Waals surface area contributed by atoms with Gasteiger partial charge in [0, 0.05) is 45.5 Å². The van der Waals surface area contributed by atoms with E-state index in [0.717, 1.165) is 44.9 Å². The fourth-order valence-electron chi connectivity index (χ4n) is 14.2. The van der Waals surface area contributed by atoms with Gasteiger partial charge < -0.3 is 30.2 Å². The Morgan fingerprint density at radius 3 is 2.22 bits per heavy atom. The number of hydrogen-bond donors (Lipinski definition) is 0. The van der Waals surface area contributed by atoms with Crippen molar-refractivity contribution in [3.05, 3.63) is 24.0 Å². The minimum Gasteiger partial charge on any atom is -0.379 e. The average molecular weight is 970 g/mol. The van der Waals surface area contributed by atoms with Gasteiger partial charge in [0.1, 0.15) is 11.9 Å². The molecule has 5 nitrogen and oxygen atoms in total. The summed E-state index contributed by atoms with van der Waals surface area (Å²) in [6.07, 6.45) is 15.9. The average Bonchev–Trinajstić information content (AvgIpc) is 3.10. The normalized spacial score (nSPS) is 52.1. The maximum Gasteiger partial charge on any atom is 0.182 e. The van der Waals surface area contributed by atoms with Crippen LogP contribution in [0.25, 0.3) is 0 Å². The van der Waals surface area contributed by atoms with Crippen molar-refractivity contribution < 1.29 is 63.4 Å². The summed E-state index contributed by atoms with van der Waals surface area (Å²) in [7, 11) is 0. The van der Waals surface area contributed by atoms with E-state index in [-0.39, 0.29) is 97.4 Å². The van der Waals surface area contributed by atoms with Crippen molar-refractivity contribution in [2.45, 2.75) is 198 Å². The van der Waals surface area contributed by atoms with Crippen LogP contribution in [0, 0.1) is 86.8 Å². The van der Waals surface area contributed by atoms with Crippen LogP contribution in [0.2, 0.25) is 0 Å². The van der Waals surface area contributed by atoms with E-state index in [1.54, 1.807) is 5.57 Å². The Morgan fingerprint density at radius 2 is 1.56 bits per heavy atom. The molecule has 5 aliphatic carbocycles. The molecule has 2 heterocycles. The summed E-state index contributed by atoms with van der Waals surface area (Å²) < 4.78 is 27.7. The zero-order valence-electron chi connectivity index (χ0n) is 37.2. The Balaban J connectivity index is 0.00000290. The molecule has 7 heteroatoms. The molecule has 2 saturated heterocycles. The summed E-state index contributed by atoms with van der Waals surface area (Å²) in [5.41, 5.74) is 2.16. The molecule has 4 saturated carbocycles. The zero-order valence-corrected chi connectivity index (χ0v) is 41.5. The van der Waals surface area contributed by atoms with Crippen LogP contribution in [-0.2, 0) is 63.4 Å². The molecule has 0 aromatic carbocycles.